The topological polar surface area (TPSA) is 83.3 Å². The van der Waals surface area contributed by atoms with Crippen molar-refractivity contribution in [2.24, 2.45) is 4.99 Å². The van der Waals surface area contributed by atoms with Crippen molar-refractivity contribution in [1.29, 1.82) is 0 Å². The van der Waals surface area contributed by atoms with Gasteiger partial charge in [-0.25, -0.2) is 0 Å². The number of carbonyl (C=O) groups excluding carboxylic acids is 1. The van der Waals surface area contributed by atoms with Gasteiger partial charge in [0.2, 0.25) is 5.91 Å². The van der Waals surface area contributed by atoms with Gasteiger partial charge in [-0.3, -0.25) is 14.5 Å². The number of aromatic nitrogens is 2. The summed E-state index contributed by atoms with van der Waals surface area (Å²) in [5.41, 5.74) is 3.22. The number of anilines is 1. The molecule has 0 saturated heterocycles. The number of aliphatic imine (C=N–C) groups is 1. The zero-order chi connectivity index (χ0) is 17.6. The van der Waals surface area contributed by atoms with Gasteiger partial charge >= 0.3 is 0 Å². The van der Waals surface area contributed by atoms with Crippen LogP contribution in [0.4, 0.5) is 5.69 Å². The van der Waals surface area contributed by atoms with Gasteiger partial charge in [0.15, 0.2) is 5.96 Å². The second kappa shape index (κ2) is 7.83. The van der Waals surface area contributed by atoms with Gasteiger partial charge in [-0.1, -0.05) is 18.2 Å². The van der Waals surface area contributed by atoms with Gasteiger partial charge in [0, 0.05) is 44.4 Å². The van der Waals surface area contributed by atoms with Crippen LogP contribution in [-0.4, -0.2) is 41.8 Å². The molecule has 0 spiro atoms. The van der Waals surface area contributed by atoms with E-state index in [1.165, 1.54) is 0 Å². The first kappa shape index (κ1) is 17.0. The second-order valence-electron chi connectivity index (χ2n) is 6.20. The van der Waals surface area contributed by atoms with Gasteiger partial charge in [0.05, 0.1) is 12.7 Å². The number of nitrogens with one attached hydrogen (secondary N) is 3. The van der Waals surface area contributed by atoms with Crippen molar-refractivity contribution in [2.75, 3.05) is 25.5 Å². The summed E-state index contributed by atoms with van der Waals surface area (Å²) in [7, 11) is 1.74. The van der Waals surface area contributed by atoms with Crippen LogP contribution in [0, 0.1) is 6.92 Å². The molecule has 1 aliphatic heterocycles. The van der Waals surface area contributed by atoms with E-state index in [9.17, 15) is 4.79 Å². The van der Waals surface area contributed by atoms with Crippen LogP contribution >= 0.6 is 0 Å². The number of amides is 1. The zero-order valence-corrected chi connectivity index (χ0v) is 14.6. The molecule has 0 saturated carbocycles. The molecule has 1 atom stereocenters. The molecule has 0 fully saturated rings. The highest BCUT2D eigenvalue weighted by Gasteiger charge is 2.24. The third-order valence-electron chi connectivity index (χ3n) is 4.24. The summed E-state index contributed by atoms with van der Waals surface area (Å²) in [6.45, 7) is 4.17. The SMILES string of the molecule is CN=C(NCCn1cc(C)cn1)NCC1CC(=O)Nc2ccccc21. The number of guanidine groups is 1. The Hall–Kier alpha value is -2.83. The first-order valence-electron chi connectivity index (χ1n) is 8.48. The van der Waals surface area contributed by atoms with Crippen LogP contribution in [0.25, 0.3) is 0 Å². The molecule has 1 amide bonds. The smallest absolute Gasteiger partial charge is 0.225 e. The molecule has 3 rings (SSSR count). The van der Waals surface area contributed by atoms with E-state index in [1.807, 2.05) is 42.2 Å². The van der Waals surface area contributed by atoms with Crippen molar-refractivity contribution in [3.63, 3.8) is 0 Å². The molecule has 1 aromatic carbocycles. The van der Waals surface area contributed by atoms with E-state index in [4.69, 9.17) is 0 Å². The molecule has 7 heteroatoms. The Morgan fingerprint density at radius 2 is 2.24 bits per heavy atom. The maximum atomic E-state index is 11.9. The lowest BCUT2D eigenvalue weighted by Crippen LogP contribution is -2.41. The molecule has 0 aliphatic carbocycles. The predicted molar refractivity (Wildman–Crippen MR) is 98.8 cm³/mol. The summed E-state index contributed by atoms with van der Waals surface area (Å²) in [5, 5.41) is 13.8. The third kappa shape index (κ3) is 4.37. The molecule has 3 N–H and O–H groups in total. The largest absolute Gasteiger partial charge is 0.356 e. The highest BCUT2D eigenvalue weighted by molar-refractivity contribution is 5.94. The number of carbonyl (C=O) groups is 1. The van der Waals surface area contributed by atoms with E-state index in [0.717, 1.165) is 35.9 Å². The summed E-state index contributed by atoms with van der Waals surface area (Å²) in [5.74, 6) is 0.923. The Balaban J connectivity index is 1.52. The van der Waals surface area contributed by atoms with E-state index in [2.05, 4.69) is 32.1 Å². The van der Waals surface area contributed by atoms with E-state index in [1.54, 1.807) is 7.05 Å². The first-order chi connectivity index (χ1) is 12.2. The Kier molecular flexibility index (Phi) is 5.33. The van der Waals surface area contributed by atoms with Crippen molar-refractivity contribution in [3.8, 4) is 0 Å². The second-order valence-corrected chi connectivity index (χ2v) is 6.20. The lowest BCUT2D eigenvalue weighted by Gasteiger charge is -2.26. The zero-order valence-electron chi connectivity index (χ0n) is 14.6. The Morgan fingerprint density at radius 1 is 1.40 bits per heavy atom. The molecular formula is C18H24N6O. The molecule has 0 radical (unpaired) electrons. The van der Waals surface area contributed by atoms with E-state index in [0.29, 0.717) is 13.0 Å². The Labute approximate surface area is 147 Å². The number of aryl methyl sites for hydroxylation is 1. The number of fused-ring (bicyclic) bond motifs is 1. The predicted octanol–water partition coefficient (Wildman–Crippen LogP) is 1.48. The van der Waals surface area contributed by atoms with Gasteiger partial charge in [0.1, 0.15) is 0 Å². The lowest BCUT2D eigenvalue weighted by atomic mass is 9.90. The molecule has 1 unspecified atom stereocenters. The van der Waals surface area contributed by atoms with Gasteiger partial charge in [0.25, 0.3) is 0 Å². The number of benzene rings is 1. The van der Waals surface area contributed by atoms with Crippen molar-refractivity contribution in [2.45, 2.75) is 25.8 Å². The van der Waals surface area contributed by atoms with Crippen LogP contribution in [-0.2, 0) is 11.3 Å². The summed E-state index contributed by atoms with van der Waals surface area (Å²) in [6, 6.07) is 7.95. The Morgan fingerprint density at radius 3 is 3.00 bits per heavy atom. The molecule has 7 nitrogen and oxygen atoms in total. The average molecular weight is 340 g/mol. The standard InChI is InChI=1S/C18H24N6O/c1-13-10-22-24(12-13)8-7-20-18(19-2)21-11-14-9-17(25)23-16-6-4-3-5-15(14)16/h3-6,10,12,14H,7-9,11H2,1-2H3,(H,23,25)(H2,19,20,21). The van der Waals surface area contributed by atoms with E-state index < -0.39 is 0 Å². The van der Waals surface area contributed by atoms with Gasteiger partial charge in [-0.05, 0) is 24.1 Å². The molecule has 2 aromatic rings. The molecule has 0 bridgehead atoms. The van der Waals surface area contributed by atoms with Crippen LogP contribution in [0.1, 0.15) is 23.5 Å². The quantitative estimate of drug-likeness (QED) is 0.569. The summed E-state index contributed by atoms with van der Waals surface area (Å²) < 4.78 is 1.90. The molecule has 2 heterocycles. The number of hydrogen-bond donors (Lipinski definition) is 3. The fourth-order valence-corrected chi connectivity index (χ4v) is 3.00. The molecule has 132 valence electrons. The van der Waals surface area contributed by atoms with Crippen molar-refractivity contribution >= 4 is 17.6 Å². The van der Waals surface area contributed by atoms with E-state index >= 15 is 0 Å². The van der Waals surface area contributed by atoms with Crippen molar-refractivity contribution in [3.05, 3.63) is 47.8 Å². The minimum atomic E-state index is 0.0579. The molecular weight excluding hydrogens is 316 g/mol. The van der Waals surface area contributed by atoms with Crippen LogP contribution in [0.3, 0.4) is 0 Å². The first-order valence-corrected chi connectivity index (χ1v) is 8.48. The average Bonchev–Trinajstić information content (AvgIpc) is 3.02. The monoisotopic (exact) mass is 340 g/mol. The number of rotatable bonds is 5. The van der Waals surface area contributed by atoms with Gasteiger partial charge in [-0.15, -0.1) is 0 Å². The van der Waals surface area contributed by atoms with Crippen LogP contribution < -0.4 is 16.0 Å². The third-order valence-corrected chi connectivity index (χ3v) is 4.24. The van der Waals surface area contributed by atoms with Crippen LogP contribution in [0.15, 0.2) is 41.7 Å². The summed E-state index contributed by atoms with van der Waals surface area (Å²) >= 11 is 0. The fraction of sp³-hybridized carbons (Fsp3) is 0.389. The van der Waals surface area contributed by atoms with E-state index in [-0.39, 0.29) is 11.8 Å². The maximum absolute atomic E-state index is 11.9. The summed E-state index contributed by atoms with van der Waals surface area (Å²) in [4.78, 5) is 16.1. The lowest BCUT2D eigenvalue weighted by molar-refractivity contribution is -0.116. The number of hydrogen-bond acceptors (Lipinski definition) is 3. The number of para-hydroxylation sites is 1. The molecule has 25 heavy (non-hydrogen) atoms. The normalized spacial score (nSPS) is 17.0. The Bertz CT molecular complexity index is 766. The highest BCUT2D eigenvalue weighted by atomic mass is 16.1. The molecule has 1 aliphatic rings. The van der Waals surface area contributed by atoms with Gasteiger partial charge in [-0.2, -0.15) is 5.10 Å². The summed E-state index contributed by atoms with van der Waals surface area (Å²) in [6.07, 6.45) is 4.33. The van der Waals surface area contributed by atoms with Crippen molar-refractivity contribution < 1.29 is 4.79 Å². The molecule has 1 aromatic heterocycles. The van der Waals surface area contributed by atoms with Gasteiger partial charge < -0.3 is 16.0 Å². The minimum Gasteiger partial charge on any atom is -0.356 e. The number of nitrogens with zero attached hydrogens (tertiary/aromatic N) is 3. The minimum absolute atomic E-state index is 0.0579. The highest BCUT2D eigenvalue weighted by Crippen LogP contribution is 2.31. The fourth-order valence-electron chi connectivity index (χ4n) is 3.00. The van der Waals surface area contributed by atoms with Crippen LogP contribution in [0.5, 0.6) is 0 Å². The maximum Gasteiger partial charge on any atom is 0.225 e. The van der Waals surface area contributed by atoms with Crippen LogP contribution in [0.2, 0.25) is 0 Å². The van der Waals surface area contributed by atoms with Crippen molar-refractivity contribution in [1.82, 2.24) is 20.4 Å².